The van der Waals surface area contributed by atoms with Crippen molar-refractivity contribution in [3.63, 3.8) is 0 Å². The van der Waals surface area contributed by atoms with Crippen molar-refractivity contribution in [1.29, 1.82) is 0 Å². The second-order valence-electron chi connectivity index (χ2n) is 8.16. The Morgan fingerprint density at radius 3 is 2.63 bits per heavy atom. The van der Waals surface area contributed by atoms with Crippen LogP contribution in [0.1, 0.15) is 39.7 Å². The SMILES string of the molecule is CC(=O)OC1=C[C@@H](C(C)C)[C@@]2(C)C=CC[C@@H](COCc3ccccc3)C=C12. The van der Waals surface area contributed by atoms with Crippen LogP contribution in [0.3, 0.4) is 0 Å². The van der Waals surface area contributed by atoms with Crippen LogP contribution in [-0.2, 0) is 20.9 Å². The highest BCUT2D eigenvalue weighted by Gasteiger charge is 2.45. The number of hydrogen-bond acceptors (Lipinski definition) is 3. The van der Waals surface area contributed by atoms with Crippen molar-refractivity contribution in [2.24, 2.45) is 23.2 Å². The standard InChI is InChI=1S/C24H30O3/c1-17(2)21-14-23(27-18(3)25)22-13-20(11-8-12-24(21,22)4)16-26-15-19-9-6-5-7-10-19/h5-10,12-14,17,20-21H,11,15-16H2,1-4H3/t20-,21+,24-/m1/s1. The van der Waals surface area contributed by atoms with E-state index in [-0.39, 0.29) is 17.3 Å². The first-order valence-electron chi connectivity index (χ1n) is 9.82. The van der Waals surface area contributed by atoms with E-state index >= 15 is 0 Å². The maximum Gasteiger partial charge on any atom is 0.308 e. The third-order valence-electron chi connectivity index (χ3n) is 5.59. The number of fused-ring (bicyclic) bond motifs is 1. The third kappa shape index (κ3) is 4.41. The van der Waals surface area contributed by atoms with E-state index in [1.807, 2.05) is 18.2 Å². The summed E-state index contributed by atoms with van der Waals surface area (Å²) in [7, 11) is 0. The molecule has 0 radical (unpaired) electrons. The number of carbonyl (C=O) groups excluding carboxylic acids is 1. The summed E-state index contributed by atoms with van der Waals surface area (Å²) in [6, 6.07) is 10.2. The number of carbonyl (C=O) groups is 1. The van der Waals surface area contributed by atoms with E-state index in [1.54, 1.807) is 0 Å². The Morgan fingerprint density at radius 1 is 1.22 bits per heavy atom. The molecule has 0 spiro atoms. The minimum atomic E-state index is -0.265. The molecule has 0 aromatic heterocycles. The quantitative estimate of drug-likeness (QED) is 0.496. The van der Waals surface area contributed by atoms with Gasteiger partial charge in [-0.2, -0.15) is 0 Å². The lowest BCUT2D eigenvalue weighted by Gasteiger charge is -2.32. The fourth-order valence-electron chi connectivity index (χ4n) is 4.27. The van der Waals surface area contributed by atoms with Crippen molar-refractivity contribution in [1.82, 2.24) is 0 Å². The van der Waals surface area contributed by atoms with Crippen LogP contribution in [0.25, 0.3) is 0 Å². The molecule has 0 unspecified atom stereocenters. The Hall–Kier alpha value is -2.13. The van der Waals surface area contributed by atoms with Crippen LogP contribution in [0.15, 0.2) is 66.0 Å². The van der Waals surface area contributed by atoms with Gasteiger partial charge in [0, 0.05) is 23.8 Å². The second kappa shape index (κ2) is 8.26. The smallest absolute Gasteiger partial charge is 0.308 e. The minimum absolute atomic E-state index is 0.132. The highest BCUT2D eigenvalue weighted by molar-refractivity contribution is 5.69. The van der Waals surface area contributed by atoms with E-state index in [9.17, 15) is 4.79 Å². The van der Waals surface area contributed by atoms with Crippen molar-refractivity contribution in [2.45, 2.75) is 40.7 Å². The Balaban J connectivity index is 1.77. The van der Waals surface area contributed by atoms with Crippen LogP contribution < -0.4 is 0 Å². The van der Waals surface area contributed by atoms with E-state index in [1.165, 1.54) is 12.5 Å². The normalized spacial score (nSPS) is 27.0. The van der Waals surface area contributed by atoms with E-state index in [2.05, 4.69) is 57.2 Å². The Morgan fingerprint density at radius 2 is 1.96 bits per heavy atom. The summed E-state index contributed by atoms with van der Waals surface area (Å²) in [6.07, 6.45) is 9.90. The minimum Gasteiger partial charge on any atom is -0.427 e. The zero-order valence-corrected chi connectivity index (χ0v) is 16.8. The van der Waals surface area contributed by atoms with Crippen LogP contribution in [-0.4, -0.2) is 12.6 Å². The lowest BCUT2D eigenvalue weighted by atomic mass is 9.71. The summed E-state index contributed by atoms with van der Waals surface area (Å²) in [5.74, 6) is 1.51. The number of allylic oxidation sites excluding steroid dienone is 4. The first kappa shape index (κ1) is 19.6. The largest absolute Gasteiger partial charge is 0.427 e. The maximum absolute atomic E-state index is 11.6. The molecule has 144 valence electrons. The molecule has 0 saturated heterocycles. The lowest BCUT2D eigenvalue weighted by molar-refractivity contribution is -0.136. The first-order valence-corrected chi connectivity index (χ1v) is 9.82. The van der Waals surface area contributed by atoms with Crippen molar-refractivity contribution in [3.05, 3.63) is 71.5 Å². The summed E-state index contributed by atoms with van der Waals surface area (Å²) in [5, 5.41) is 0. The fourth-order valence-corrected chi connectivity index (χ4v) is 4.27. The summed E-state index contributed by atoms with van der Waals surface area (Å²) in [6.45, 7) is 9.43. The van der Waals surface area contributed by atoms with Gasteiger partial charge in [-0.3, -0.25) is 4.79 Å². The van der Waals surface area contributed by atoms with Gasteiger partial charge >= 0.3 is 5.97 Å². The average molecular weight is 367 g/mol. The molecule has 0 N–H and O–H groups in total. The fraction of sp³-hybridized carbons (Fsp3) is 0.458. The van der Waals surface area contributed by atoms with Crippen LogP contribution in [0, 0.1) is 23.2 Å². The van der Waals surface area contributed by atoms with Gasteiger partial charge in [0.2, 0.25) is 0 Å². The lowest BCUT2D eigenvalue weighted by Crippen LogP contribution is -2.26. The molecule has 0 heterocycles. The highest BCUT2D eigenvalue weighted by Crippen LogP contribution is 2.52. The summed E-state index contributed by atoms with van der Waals surface area (Å²) >= 11 is 0. The van der Waals surface area contributed by atoms with Gasteiger partial charge in [0.1, 0.15) is 5.76 Å². The van der Waals surface area contributed by atoms with Crippen molar-refractivity contribution < 1.29 is 14.3 Å². The van der Waals surface area contributed by atoms with Gasteiger partial charge in [-0.05, 0) is 29.9 Å². The van der Waals surface area contributed by atoms with Gasteiger partial charge in [-0.25, -0.2) is 0 Å². The molecule has 1 aromatic carbocycles. The monoisotopic (exact) mass is 366 g/mol. The Labute approximate surface area is 162 Å². The van der Waals surface area contributed by atoms with E-state index in [0.29, 0.717) is 25.0 Å². The van der Waals surface area contributed by atoms with Gasteiger partial charge in [-0.15, -0.1) is 0 Å². The number of hydrogen-bond donors (Lipinski definition) is 0. The highest BCUT2D eigenvalue weighted by atomic mass is 16.5. The zero-order chi connectivity index (χ0) is 19.4. The second-order valence-corrected chi connectivity index (χ2v) is 8.16. The molecule has 0 amide bonds. The summed E-state index contributed by atoms with van der Waals surface area (Å²) < 4.78 is 11.6. The van der Waals surface area contributed by atoms with Gasteiger partial charge in [0.25, 0.3) is 0 Å². The Bertz CT molecular complexity index is 757. The van der Waals surface area contributed by atoms with Gasteiger partial charge in [0.05, 0.1) is 13.2 Å². The van der Waals surface area contributed by atoms with E-state index in [0.717, 1.165) is 17.8 Å². The molecule has 3 heteroatoms. The third-order valence-corrected chi connectivity index (χ3v) is 5.59. The van der Waals surface area contributed by atoms with Crippen LogP contribution >= 0.6 is 0 Å². The molecular weight excluding hydrogens is 336 g/mol. The zero-order valence-electron chi connectivity index (χ0n) is 16.8. The molecule has 3 rings (SSSR count). The Kier molecular flexibility index (Phi) is 6.01. The van der Waals surface area contributed by atoms with E-state index < -0.39 is 0 Å². The van der Waals surface area contributed by atoms with Gasteiger partial charge in [0.15, 0.2) is 0 Å². The van der Waals surface area contributed by atoms with Crippen molar-refractivity contribution >= 4 is 5.97 Å². The predicted molar refractivity (Wildman–Crippen MR) is 108 cm³/mol. The molecule has 0 bridgehead atoms. The molecule has 2 aliphatic carbocycles. The van der Waals surface area contributed by atoms with Crippen LogP contribution in [0.5, 0.6) is 0 Å². The molecule has 3 atom stereocenters. The first-order chi connectivity index (χ1) is 12.9. The van der Waals surface area contributed by atoms with Gasteiger partial charge in [-0.1, -0.05) is 69.3 Å². The van der Waals surface area contributed by atoms with Crippen LogP contribution in [0.2, 0.25) is 0 Å². The number of rotatable bonds is 6. The van der Waals surface area contributed by atoms with Crippen molar-refractivity contribution in [2.75, 3.05) is 6.61 Å². The maximum atomic E-state index is 11.6. The average Bonchev–Trinajstić information content (AvgIpc) is 2.77. The van der Waals surface area contributed by atoms with E-state index in [4.69, 9.17) is 9.47 Å². The molecule has 3 nitrogen and oxygen atoms in total. The number of ether oxygens (including phenoxy) is 2. The van der Waals surface area contributed by atoms with Crippen molar-refractivity contribution in [3.8, 4) is 0 Å². The summed E-state index contributed by atoms with van der Waals surface area (Å²) in [4.78, 5) is 11.6. The summed E-state index contributed by atoms with van der Waals surface area (Å²) in [5.41, 5.74) is 2.17. The molecule has 1 aromatic rings. The molecule has 27 heavy (non-hydrogen) atoms. The molecule has 0 saturated carbocycles. The molecule has 0 fully saturated rings. The topological polar surface area (TPSA) is 35.5 Å². The predicted octanol–water partition coefficient (Wildman–Crippen LogP) is 5.44. The van der Waals surface area contributed by atoms with Crippen LogP contribution in [0.4, 0.5) is 0 Å². The number of benzene rings is 1. The number of esters is 1. The molecule has 0 aliphatic heterocycles. The molecular formula is C24H30O3. The van der Waals surface area contributed by atoms with Gasteiger partial charge < -0.3 is 9.47 Å². The molecule has 2 aliphatic rings.